The monoisotopic (exact) mass is 321 g/mol. The van der Waals surface area contributed by atoms with Crippen molar-refractivity contribution in [3.05, 3.63) is 96.1 Å². The van der Waals surface area contributed by atoms with Crippen molar-refractivity contribution in [3.8, 4) is 11.1 Å². The molecule has 2 nitrogen and oxygen atoms in total. The topological polar surface area (TPSA) is 29.1 Å². The molecular weight excluding hydrogens is 306 g/mol. The Morgan fingerprint density at radius 3 is 2.12 bits per heavy atom. The van der Waals surface area contributed by atoms with Crippen molar-refractivity contribution in [1.29, 1.82) is 0 Å². The zero-order chi connectivity index (χ0) is 16.8. The minimum Gasteiger partial charge on any atom is -0.355 e. The highest BCUT2D eigenvalue weighted by atomic mass is 16.1. The van der Waals surface area contributed by atoms with Crippen molar-refractivity contribution in [2.45, 2.75) is 0 Å². The first-order chi connectivity index (χ1) is 12.3. The normalized spacial score (nSPS) is 12.1. The summed E-state index contributed by atoms with van der Waals surface area (Å²) in [5.41, 5.74) is 5.75. The number of para-hydroxylation sites is 1. The number of ketones is 1. The van der Waals surface area contributed by atoms with E-state index in [0.717, 1.165) is 44.4 Å². The average Bonchev–Trinajstić information content (AvgIpc) is 2.68. The molecule has 0 atom stereocenters. The third kappa shape index (κ3) is 2.08. The first-order valence-corrected chi connectivity index (χ1v) is 8.35. The lowest BCUT2D eigenvalue weighted by Gasteiger charge is -2.21. The smallest absolute Gasteiger partial charge is 0.194 e. The fourth-order valence-corrected chi connectivity index (χ4v) is 3.67. The number of hydrogen-bond acceptors (Lipinski definition) is 2. The van der Waals surface area contributed by atoms with Crippen molar-refractivity contribution in [3.63, 3.8) is 0 Å². The van der Waals surface area contributed by atoms with Crippen LogP contribution in [-0.4, -0.2) is 5.78 Å². The molecule has 0 fully saturated rings. The maximum absolute atomic E-state index is 12.9. The molecule has 1 N–H and O–H groups in total. The van der Waals surface area contributed by atoms with Crippen LogP contribution in [0.15, 0.2) is 84.9 Å². The molecule has 1 aliphatic carbocycles. The van der Waals surface area contributed by atoms with Crippen molar-refractivity contribution in [1.82, 2.24) is 0 Å². The zero-order valence-corrected chi connectivity index (χ0v) is 13.5. The van der Waals surface area contributed by atoms with E-state index in [1.54, 1.807) is 0 Å². The molecule has 0 bridgehead atoms. The van der Waals surface area contributed by atoms with E-state index in [9.17, 15) is 4.79 Å². The maximum Gasteiger partial charge on any atom is 0.194 e. The van der Waals surface area contributed by atoms with Gasteiger partial charge in [0.25, 0.3) is 0 Å². The van der Waals surface area contributed by atoms with Gasteiger partial charge in [0.15, 0.2) is 5.78 Å². The van der Waals surface area contributed by atoms with Crippen LogP contribution in [-0.2, 0) is 0 Å². The van der Waals surface area contributed by atoms with Crippen LogP contribution in [0.1, 0.15) is 15.9 Å². The van der Waals surface area contributed by atoms with E-state index >= 15 is 0 Å². The van der Waals surface area contributed by atoms with E-state index in [1.807, 2.05) is 66.7 Å². The summed E-state index contributed by atoms with van der Waals surface area (Å²) in [6.07, 6.45) is 0. The van der Waals surface area contributed by atoms with Crippen LogP contribution in [0.3, 0.4) is 0 Å². The van der Waals surface area contributed by atoms with Gasteiger partial charge in [-0.25, -0.2) is 0 Å². The van der Waals surface area contributed by atoms with E-state index in [2.05, 4.69) is 23.5 Å². The Kier molecular flexibility index (Phi) is 2.98. The van der Waals surface area contributed by atoms with Gasteiger partial charge in [-0.05, 0) is 35.4 Å². The van der Waals surface area contributed by atoms with E-state index in [4.69, 9.17) is 0 Å². The van der Waals surface area contributed by atoms with E-state index in [0.29, 0.717) is 0 Å². The number of carbonyl (C=O) groups is 1. The van der Waals surface area contributed by atoms with Crippen molar-refractivity contribution in [2.75, 3.05) is 5.32 Å². The number of nitrogens with one attached hydrogen (secondary N) is 1. The number of hydrogen-bond donors (Lipinski definition) is 1. The lowest BCUT2D eigenvalue weighted by Crippen LogP contribution is -2.10. The van der Waals surface area contributed by atoms with Gasteiger partial charge < -0.3 is 5.32 Å². The molecule has 0 unspecified atom stereocenters. The molecule has 2 heteroatoms. The largest absolute Gasteiger partial charge is 0.355 e. The predicted octanol–water partition coefficient (Wildman–Crippen LogP) is 5.79. The number of benzene rings is 4. The lowest BCUT2D eigenvalue weighted by molar-refractivity contribution is 0.104. The fourth-order valence-electron chi connectivity index (χ4n) is 3.67. The summed E-state index contributed by atoms with van der Waals surface area (Å²) >= 11 is 0. The highest BCUT2D eigenvalue weighted by molar-refractivity contribution is 6.27. The standard InChI is InChI=1S/C23H15NO/c25-23-18-10-5-4-9-16(18)17-11-6-12-19-21(14-13-20(23)22(17)19)24-15-7-2-1-3-8-15/h1-14,24H. The van der Waals surface area contributed by atoms with Gasteiger partial charge in [0, 0.05) is 33.3 Å². The van der Waals surface area contributed by atoms with Crippen LogP contribution in [0.5, 0.6) is 0 Å². The first-order valence-electron chi connectivity index (χ1n) is 8.35. The molecule has 25 heavy (non-hydrogen) atoms. The second kappa shape index (κ2) is 5.32. The highest BCUT2D eigenvalue weighted by Gasteiger charge is 2.25. The quantitative estimate of drug-likeness (QED) is 0.445. The molecule has 4 aromatic rings. The molecule has 0 amide bonds. The second-order valence-corrected chi connectivity index (χ2v) is 6.25. The predicted molar refractivity (Wildman–Crippen MR) is 103 cm³/mol. The van der Waals surface area contributed by atoms with Gasteiger partial charge in [0.2, 0.25) is 0 Å². The summed E-state index contributed by atoms with van der Waals surface area (Å²) in [4.78, 5) is 12.9. The van der Waals surface area contributed by atoms with E-state index in [1.165, 1.54) is 0 Å². The summed E-state index contributed by atoms with van der Waals surface area (Å²) in [7, 11) is 0. The molecule has 0 saturated carbocycles. The Labute approximate surface area is 145 Å². The summed E-state index contributed by atoms with van der Waals surface area (Å²) in [5, 5.41) is 5.58. The SMILES string of the molecule is O=C1c2ccccc2-c2cccc3c(Nc4ccccc4)ccc1c23. The molecule has 0 aromatic heterocycles. The Morgan fingerprint density at radius 2 is 1.28 bits per heavy atom. The summed E-state index contributed by atoms with van der Waals surface area (Å²) in [6, 6.07) is 28.1. The zero-order valence-electron chi connectivity index (χ0n) is 13.5. The van der Waals surface area contributed by atoms with E-state index in [-0.39, 0.29) is 5.78 Å². The van der Waals surface area contributed by atoms with Crippen LogP contribution in [0, 0.1) is 0 Å². The fraction of sp³-hybridized carbons (Fsp3) is 0. The van der Waals surface area contributed by atoms with Crippen molar-refractivity contribution in [2.24, 2.45) is 0 Å². The van der Waals surface area contributed by atoms with Gasteiger partial charge in [-0.15, -0.1) is 0 Å². The summed E-state index contributed by atoms with van der Waals surface area (Å²) in [6.45, 7) is 0. The van der Waals surface area contributed by atoms with Gasteiger partial charge >= 0.3 is 0 Å². The molecule has 0 heterocycles. The van der Waals surface area contributed by atoms with Gasteiger partial charge in [0.05, 0.1) is 0 Å². The first kappa shape index (κ1) is 14.0. The maximum atomic E-state index is 12.9. The Bertz CT molecular complexity index is 1130. The Morgan fingerprint density at radius 1 is 0.560 bits per heavy atom. The van der Waals surface area contributed by atoms with Crippen molar-refractivity contribution >= 4 is 27.9 Å². The molecule has 5 rings (SSSR count). The summed E-state index contributed by atoms with van der Waals surface area (Å²) in [5.74, 6) is 0.102. The van der Waals surface area contributed by atoms with Crippen LogP contribution < -0.4 is 5.32 Å². The minimum atomic E-state index is 0.102. The van der Waals surface area contributed by atoms with Gasteiger partial charge in [-0.2, -0.15) is 0 Å². The number of fused-ring (bicyclic) bond motifs is 2. The summed E-state index contributed by atoms with van der Waals surface area (Å²) < 4.78 is 0. The second-order valence-electron chi connectivity index (χ2n) is 6.25. The average molecular weight is 321 g/mol. The molecular formula is C23H15NO. The van der Waals surface area contributed by atoms with Gasteiger partial charge in [-0.3, -0.25) is 4.79 Å². The third-order valence-corrected chi connectivity index (χ3v) is 4.80. The molecule has 0 saturated heterocycles. The molecule has 0 spiro atoms. The van der Waals surface area contributed by atoms with Crippen LogP contribution in [0.2, 0.25) is 0 Å². The molecule has 0 aliphatic heterocycles. The van der Waals surface area contributed by atoms with Gasteiger partial charge in [-0.1, -0.05) is 60.7 Å². The number of rotatable bonds is 2. The Hall–Kier alpha value is -3.39. The molecule has 4 aromatic carbocycles. The van der Waals surface area contributed by atoms with Crippen LogP contribution in [0.25, 0.3) is 21.9 Å². The van der Waals surface area contributed by atoms with Crippen molar-refractivity contribution < 1.29 is 4.79 Å². The number of carbonyl (C=O) groups excluding carboxylic acids is 1. The van der Waals surface area contributed by atoms with Crippen LogP contribution >= 0.6 is 0 Å². The molecule has 1 aliphatic rings. The van der Waals surface area contributed by atoms with Gasteiger partial charge in [0.1, 0.15) is 0 Å². The lowest BCUT2D eigenvalue weighted by atomic mass is 9.82. The third-order valence-electron chi connectivity index (χ3n) is 4.80. The Balaban J connectivity index is 1.79. The van der Waals surface area contributed by atoms with E-state index < -0.39 is 0 Å². The van der Waals surface area contributed by atoms with Crippen LogP contribution in [0.4, 0.5) is 11.4 Å². The molecule has 0 radical (unpaired) electrons. The number of anilines is 2. The highest BCUT2D eigenvalue weighted by Crippen LogP contribution is 2.41. The minimum absolute atomic E-state index is 0.102. The molecule has 118 valence electrons.